The van der Waals surface area contributed by atoms with Crippen LogP contribution in [0.1, 0.15) is 19.8 Å². The van der Waals surface area contributed by atoms with Crippen molar-refractivity contribution in [3.8, 4) is 0 Å². The summed E-state index contributed by atoms with van der Waals surface area (Å²) in [6, 6.07) is 7.49. The summed E-state index contributed by atoms with van der Waals surface area (Å²) in [5, 5.41) is 0.619. The summed E-state index contributed by atoms with van der Waals surface area (Å²) in [6.07, 6.45) is 2.74. The van der Waals surface area contributed by atoms with E-state index in [1.54, 1.807) is 18.0 Å². The number of para-hydroxylation sites is 2. The Morgan fingerprint density at radius 3 is 2.59 bits per heavy atom. The van der Waals surface area contributed by atoms with Gasteiger partial charge >= 0.3 is 11.9 Å². The van der Waals surface area contributed by atoms with Gasteiger partial charge in [0.25, 0.3) is 5.91 Å². The molecule has 29 heavy (non-hydrogen) atoms. The quantitative estimate of drug-likeness (QED) is 0.499. The highest BCUT2D eigenvalue weighted by molar-refractivity contribution is 7.99. The van der Waals surface area contributed by atoms with E-state index in [4.69, 9.17) is 9.47 Å². The number of thioether (sulfide) groups is 1. The molecular formula is C20H23N3O5S. The molecule has 0 aliphatic carbocycles. The number of ether oxygens (including phenoxy) is 2. The lowest BCUT2D eigenvalue weighted by Gasteiger charge is -2.30. The molecule has 1 amide bonds. The van der Waals surface area contributed by atoms with Crippen LogP contribution in [0.3, 0.4) is 0 Å². The summed E-state index contributed by atoms with van der Waals surface area (Å²) in [5.74, 6) is -1.07. The summed E-state index contributed by atoms with van der Waals surface area (Å²) in [7, 11) is 0. The van der Waals surface area contributed by atoms with Gasteiger partial charge in [0.2, 0.25) is 0 Å². The third-order valence-electron chi connectivity index (χ3n) is 4.59. The third-order valence-corrected chi connectivity index (χ3v) is 5.46. The number of aromatic nitrogens is 2. The van der Waals surface area contributed by atoms with Crippen molar-refractivity contribution in [3.63, 3.8) is 0 Å². The van der Waals surface area contributed by atoms with Crippen LogP contribution in [0.4, 0.5) is 0 Å². The summed E-state index contributed by atoms with van der Waals surface area (Å²) < 4.78 is 10.1. The van der Waals surface area contributed by atoms with Crippen LogP contribution < -0.4 is 0 Å². The van der Waals surface area contributed by atoms with Crippen molar-refractivity contribution in [3.05, 3.63) is 30.5 Å². The third kappa shape index (κ3) is 5.90. The summed E-state index contributed by atoms with van der Waals surface area (Å²) >= 11 is 1.21. The Morgan fingerprint density at radius 2 is 1.86 bits per heavy atom. The zero-order valence-corrected chi connectivity index (χ0v) is 17.0. The minimum absolute atomic E-state index is 0.0469. The second kappa shape index (κ2) is 10.2. The molecule has 9 heteroatoms. The zero-order chi connectivity index (χ0) is 20.6. The van der Waals surface area contributed by atoms with Gasteiger partial charge in [-0.15, -0.1) is 0 Å². The number of esters is 2. The number of hydrogen-bond donors (Lipinski definition) is 0. The van der Waals surface area contributed by atoms with E-state index >= 15 is 0 Å². The molecule has 0 saturated carbocycles. The first-order valence-electron chi connectivity index (χ1n) is 9.51. The molecule has 0 atom stereocenters. The fourth-order valence-corrected chi connectivity index (χ4v) is 3.68. The molecule has 0 N–H and O–H groups in total. The van der Waals surface area contributed by atoms with E-state index in [1.807, 2.05) is 24.3 Å². The predicted molar refractivity (Wildman–Crippen MR) is 107 cm³/mol. The van der Waals surface area contributed by atoms with Gasteiger partial charge in [-0.3, -0.25) is 19.4 Å². The van der Waals surface area contributed by atoms with E-state index in [-0.39, 0.29) is 30.2 Å². The Bertz CT molecular complexity index is 883. The molecule has 3 rings (SSSR count). The first-order chi connectivity index (χ1) is 14.1. The molecule has 1 aromatic heterocycles. The molecule has 0 radical (unpaired) electrons. The van der Waals surface area contributed by atoms with Crippen LogP contribution in [0.25, 0.3) is 11.0 Å². The molecule has 8 nitrogen and oxygen atoms in total. The van der Waals surface area contributed by atoms with Crippen LogP contribution in [0.15, 0.2) is 35.5 Å². The maximum absolute atomic E-state index is 12.2. The largest absolute Gasteiger partial charge is 0.466 e. The molecule has 0 unspecified atom stereocenters. The van der Waals surface area contributed by atoms with Crippen LogP contribution in [0.5, 0.6) is 0 Å². The molecule has 0 spiro atoms. The first kappa shape index (κ1) is 21.0. The molecule has 154 valence electrons. The lowest BCUT2D eigenvalue weighted by Crippen LogP contribution is -2.42. The van der Waals surface area contributed by atoms with Crippen molar-refractivity contribution in [1.82, 2.24) is 14.9 Å². The Labute approximate surface area is 173 Å². The van der Waals surface area contributed by atoms with Crippen molar-refractivity contribution in [2.45, 2.75) is 24.8 Å². The summed E-state index contributed by atoms with van der Waals surface area (Å²) in [6.45, 7) is 2.75. The number of likely N-dealkylation sites (tertiary alicyclic amines) is 1. The van der Waals surface area contributed by atoms with Crippen LogP contribution >= 0.6 is 11.8 Å². The molecule has 1 saturated heterocycles. The highest BCUT2D eigenvalue weighted by Gasteiger charge is 2.28. The lowest BCUT2D eigenvalue weighted by molar-refractivity contribution is -0.153. The second-order valence-electron chi connectivity index (χ2n) is 6.55. The molecule has 1 aliphatic rings. The predicted octanol–water partition coefficient (Wildman–Crippen LogP) is 2.07. The van der Waals surface area contributed by atoms with E-state index < -0.39 is 5.97 Å². The number of amides is 1. The maximum atomic E-state index is 12.2. The van der Waals surface area contributed by atoms with Gasteiger partial charge in [-0.25, -0.2) is 4.98 Å². The fraction of sp³-hybridized carbons (Fsp3) is 0.450. The van der Waals surface area contributed by atoms with E-state index in [0.29, 0.717) is 37.6 Å². The minimum atomic E-state index is -0.486. The normalized spacial score (nSPS) is 14.6. The van der Waals surface area contributed by atoms with Crippen LogP contribution in [0.2, 0.25) is 0 Å². The number of piperidine rings is 1. The lowest BCUT2D eigenvalue weighted by atomic mass is 9.97. The number of carbonyl (C=O) groups excluding carboxylic acids is 3. The average molecular weight is 417 g/mol. The molecule has 1 fully saturated rings. The van der Waals surface area contributed by atoms with Gasteiger partial charge in [0, 0.05) is 13.1 Å². The van der Waals surface area contributed by atoms with Crippen molar-refractivity contribution >= 4 is 40.6 Å². The Kier molecular flexibility index (Phi) is 7.40. The second-order valence-corrected chi connectivity index (χ2v) is 7.55. The number of benzene rings is 1. The monoisotopic (exact) mass is 417 g/mol. The van der Waals surface area contributed by atoms with Gasteiger partial charge < -0.3 is 14.4 Å². The van der Waals surface area contributed by atoms with Crippen molar-refractivity contribution < 1.29 is 23.9 Å². The fourth-order valence-electron chi connectivity index (χ4n) is 3.04. The molecular weight excluding hydrogens is 394 g/mol. The molecule has 2 heterocycles. The standard InChI is InChI=1S/C20H23N3O5S/c1-2-27-20(26)14-7-9-23(10-8-14)18(24)12-28-19(25)13-29-17-11-21-15-5-3-4-6-16(15)22-17/h3-6,11,14H,2,7-10,12-13H2,1H3. The Balaban J connectivity index is 1.39. The van der Waals surface area contributed by atoms with Gasteiger partial charge in [-0.05, 0) is 31.9 Å². The number of rotatable bonds is 7. The van der Waals surface area contributed by atoms with Crippen LogP contribution in [-0.4, -0.2) is 64.8 Å². The molecule has 2 aromatic rings. The van der Waals surface area contributed by atoms with Crippen LogP contribution in [0, 0.1) is 5.92 Å². The SMILES string of the molecule is CCOC(=O)C1CCN(C(=O)COC(=O)CSc2cnc3ccccc3n2)CC1. The van der Waals surface area contributed by atoms with Crippen LogP contribution in [-0.2, 0) is 23.9 Å². The number of fused-ring (bicyclic) bond motifs is 1. The van der Waals surface area contributed by atoms with Gasteiger partial charge in [0.1, 0.15) is 5.03 Å². The molecule has 0 bridgehead atoms. The van der Waals surface area contributed by atoms with Gasteiger partial charge in [-0.1, -0.05) is 23.9 Å². The van der Waals surface area contributed by atoms with Crippen molar-refractivity contribution in [2.24, 2.45) is 5.92 Å². The van der Waals surface area contributed by atoms with E-state index in [2.05, 4.69) is 9.97 Å². The Hall–Kier alpha value is -2.68. The molecule has 1 aromatic carbocycles. The van der Waals surface area contributed by atoms with Gasteiger partial charge in [0.05, 0.1) is 35.5 Å². The Morgan fingerprint density at radius 1 is 1.14 bits per heavy atom. The molecule has 1 aliphatic heterocycles. The summed E-state index contributed by atoms with van der Waals surface area (Å²) in [5.41, 5.74) is 1.55. The minimum Gasteiger partial charge on any atom is -0.466 e. The number of nitrogens with zero attached hydrogens (tertiary/aromatic N) is 3. The number of hydrogen-bond acceptors (Lipinski definition) is 8. The van der Waals surface area contributed by atoms with E-state index in [1.165, 1.54) is 11.8 Å². The van der Waals surface area contributed by atoms with Gasteiger partial charge in [-0.2, -0.15) is 0 Å². The van der Waals surface area contributed by atoms with E-state index in [0.717, 1.165) is 11.0 Å². The van der Waals surface area contributed by atoms with E-state index in [9.17, 15) is 14.4 Å². The topological polar surface area (TPSA) is 98.7 Å². The first-order valence-corrected chi connectivity index (χ1v) is 10.5. The van der Waals surface area contributed by atoms with Crippen molar-refractivity contribution in [1.29, 1.82) is 0 Å². The zero-order valence-electron chi connectivity index (χ0n) is 16.2. The maximum Gasteiger partial charge on any atom is 0.316 e. The van der Waals surface area contributed by atoms with Gasteiger partial charge in [0.15, 0.2) is 6.61 Å². The number of carbonyl (C=O) groups is 3. The smallest absolute Gasteiger partial charge is 0.316 e. The summed E-state index contributed by atoms with van der Waals surface area (Å²) in [4.78, 5) is 46.3. The highest BCUT2D eigenvalue weighted by atomic mass is 32.2. The van der Waals surface area contributed by atoms with Crippen molar-refractivity contribution in [2.75, 3.05) is 32.1 Å². The highest BCUT2D eigenvalue weighted by Crippen LogP contribution is 2.20. The average Bonchev–Trinajstić information content (AvgIpc) is 2.76.